The van der Waals surface area contributed by atoms with Crippen LogP contribution in [0.2, 0.25) is 0 Å². The molecule has 1 amide bonds. The van der Waals surface area contributed by atoms with E-state index in [1.165, 1.54) is 0 Å². The molecule has 3 aromatic rings. The van der Waals surface area contributed by atoms with E-state index in [0.717, 1.165) is 44.1 Å². The number of hydrogen-bond acceptors (Lipinski definition) is 4. The van der Waals surface area contributed by atoms with Crippen LogP contribution in [-0.2, 0) is 0 Å². The lowest BCUT2D eigenvalue weighted by atomic mass is 10.2. The SMILES string of the molecule is O=C(Nc1cc(F)ccc1F)c1nc2ccccc2nc1N1CCCC1. The number of nitrogens with zero attached hydrogens (tertiary/aromatic N) is 3. The van der Waals surface area contributed by atoms with E-state index in [0.29, 0.717) is 16.9 Å². The summed E-state index contributed by atoms with van der Waals surface area (Å²) in [5.74, 6) is -1.49. The van der Waals surface area contributed by atoms with Crippen LogP contribution in [-0.4, -0.2) is 29.0 Å². The van der Waals surface area contributed by atoms with Crippen LogP contribution in [0.4, 0.5) is 20.3 Å². The Hall–Kier alpha value is -3.09. The van der Waals surface area contributed by atoms with Crippen LogP contribution in [0.5, 0.6) is 0 Å². The smallest absolute Gasteiger partial charge is 0.278 e. The van der Waals surface area contributed by atoms with E-state index in [-0.39, 0.29) is 11.4 Å². The highest BCUT2D eigenvalue weighted by Crippen LogP contribution is 2.25. The number of halogens is 2. The number of para-hydroxylation sites is 2. The van der Waals surface area contributed by atoms with Gasteiger partial charge in [-0.1, -0.05) is 12.1 Å². The number of anilines is 2. The van der Waals surface area contributed by atoms with Gasteiger partial charge in [-0.3, -0.25) is 4.79 Å². The van der Waals surface area contributed by atoms with Crippen molar-refractivity contribution in [3.8, 4) is 0 Å². The second-order valence-electron chi connectivity index (χ2n) is 6.16. The molecule has 5 nitrogen and oxygen atoms in total. The van der Waals surface area contributed by atoms with Crippen molar-refractivity contribution in [1.29, 1.82) is 0 Å². The van der Waals surface area contributed by atoms with Gasteiger partial charge in [-0.2, -0.15) is 0 Å². The normalized spacial score (nSPS) is 14.0. The number of nitrogens with one attached hydrogen (secondary N) is 1. The quantitative estimate of drug-likeness (QED) is 0.778. The number of aromatic nitrogens is 2. The highest BCUT2D eigenvalue weighted by molar-refractivity contribution is 6.07. The minimum absolute atomic E-state index is 0.106. The second-order valence-corrected chi connectivity index (χ2v) is 6.16. The van der Waals surface area contributed by atoms with Gasteiger partial charge >= 0.3 is 0 Å². The molecule has 4 rings (SSSR count). The summed E-state index contributed by atoms with van der Waals surface area (Å²) in [6.07, 6.45) is 2.02. The lowest BCUT2D eigenvalue weighted by Crippen LogP contribution is -2.25. The average Bonchev–Trinajstić information content (AvgIpc) is 3.18. The summed E-state index contributed by atoms with van der Waals surface area (Å²) in [5, 5.41) is 2.41. The van der Waals surface area contributed by atoms with Crippen molar-refractivity contribution in [2.24, 2.45) is 0 Å². The number of carbonyl (C=O) groups excluding carboxylic acids is 1. The first-order chi connectivity index (χ1) is 12.6. The molecule has 1 aliphatic heterocycles. The third-order valence-electron chi connectivity index (χ3n) is 4.35. The maximum Gasteiger partial charge on any atom is 0.278 e. The Balaban J connectivity index is 1.77. The summed E-state index contributed by atoms with van der Waals surface area (Å²) in [6.45, 7) is 1.56. The lowest BCUT2D eigenvalue weighted by molar-refractivity contribution is 0.102. The third kappa shape index (κ3) is 3.08. The molecule has 1 N–H and O–H groups in total. The van der Waals surface area contributed by atoms with Gasteiger partial charge in [-0.15, -0.1) is 0 Å². The van der Waals surface area contributed by atoms with Crippen molar-refractivity contribution >= 4 is 28.4 Å². The van der Waals surface area contributed by atoms with Crippen LogP contribution in [0.15, 0.2) is 42.5 Å². The largest absolute Gasteiger partial charge is 0.355 e. The molecule has 0 atom stereocenters. The molecule has 0 spiro atoms. The van der Waals surface area contributed by atoms with Crippen LogP contribution in [0.25, 0.3) is 11.0 Å². The number of fused-ring (bicyclic) bond motifs is 1. The van der Waals surface area contributed by atoms with E-state index >= 15 is 0 Å². The van der Waals surface area contributed by atoms with E-state index < -0.39 is 17.5 Å². The second kappa shape index (κ2) is 6.67. The summed E-state index contributed by atoms with van der Waals surface area (Å²) in [5.41, 5.74) is 1.13. The Bertz CT molecular complexity index is 986. The fourth-order valence-electron chi connectivity index (χ4n) is 3.07. The Morgan fingerprint density at radius 3 is 2.42 bits per heavy atom. The Morgan fingerprint density at radius 2 is 1.69 bits per heavy atom. The summed E-state index contributed by atoms with van der Waals surface area (Å²) in [4.78, 5) is 23.8. The fourth-order valence-corrected chi connectivity index (χ4v) is 3.07. The highest BCUT2D eigenvalue weighted by atomic mass is 19.1. The van der Waals surface area contributed by atoms with Crippen molar-refractivity contribution < 1.29 is 13.6 Å². The predicted molar refractivity (Wildman–Crippen MR) is 95.3 cm³/mol. The molecule has 1 fully saturated rings. The van der Waals surface area contributed by atoms with E-state index in [1.54, 1.807) is 12.1 Å². The molecular formula is C19H16F2N4O. The number of hydrogen-bond donors (Lipinski definition) is 1. The van der Waals surface area contributed by atoms with Gasteiger partial charge in [-0.05, 0) is 37.1 Å². The molecule has 2 aromatic carbocycles. The van der Waals surface area contributed by atoms with Gasteiger partial charge in [0.1, 0.15) is 11.6 Å². The van der Waals surface area contributed by atoms with Crippen LogP contribution >= 0.6 is 0 Å². The molecule has 0 unspecified atom stereocenters. The van der Waals surface area contributed by atoms with Crippen LogP contribution < -0.4 is 10.2 Å². The molecule has 0 radical (unpaired) electrons. The monoisotopic (exact) mass is 354 g/mol. The van der Waals surface area contributed by atoms with Gasteiger partial charge in [0.2, 0.25) is 0 Å². The number of carbonyl (C=O) groups is 1. The van der Waals surface area contributed by atoms with Gasteiger partial charge in [0.25, 0.3) is 5.91 Å². The van der Waals surface area contributed by atoms with E-state index in [2.05, 4.69) is 15.3 Å². The van der Waals surface area contributed by atoms with E-state index in [9.17, 15) is 13.6 Å². The first kappa shape index (κ1) is 16.4. The summed E-state index contributed by atoms with van der Waals surface area (Å²) >= 11 is 0. The van der Waals surface area contributed by atoms with Gasteiger partial charge in [0.05, 0.1) is 16.7 Å². The Labute approximate surface area is 148 Å². The van der Waals surface area contributed by atoms with Gasteiger partial charge in [0, 0.05) is 19.2 Å². The zero-order valence-corrected chi connectivity index (χ0v) is 13.9. The maximum absolute atomic E-state index is 13.9. The number of benzene rings is 2. The first-order valence-electron chi connectivity index (χ1n) is 8.40. The topological polar surface area (TPSA) is 58.1 Å². The molecule has 1 saturated heterocycles. The molecular weight excluding hydrogens is 338 g/mol. The van der Waals surface area contributed by atoms with Crippen molar-refractivity contribution in [1.82, 2.24) is 9.97 Å². The number of rotatable bonds is 3. The van der Waals surface area contributed by atoms with Gasteiger partial charge in [-0.25, -0.2) is 18.7 Å². The number of amides is 1. The minimum Gasteiger partial charge on any atom is -0.355 e. The standard InChI is InChI=1S/C19H16F2N4O/c20-12-7-8-13(21)16(11-12)24-19(26)17-18(25-9-3-4-10-25)23-15-6-2-1-5-14(15)22-17/h1-2,5-8,11H,3-4,9-10H2,(H,24,26). The Morgan fingerprint density at radius 1 is 1.00 bits per heavy atom. The van der Waals surface area contributed by atoms with E-state index in [4.69, 9.17) is 0 Å². The van der Waals surface area contributed by atoms with Crippen molar-refractivity contribution in [3.63, 3.8) is 0 Å². The molecule has 7 heteroatoms. The first-order valence-corrected chi connectivity index (χ1v) is 8.40. The average molecular weight is 354 g/mol. The lowest BCUT2D eigenvalue weighted by Gasteiger charge is -2.19. The minimum atomic E-state index is -0.712. The van der Waals surface area contributed by atoms with Crippen LogP contribution in [0.1, 0.15) is 23.3 Å². The summed E-state index contributed by atoms with van der Waals surface area (Å²) in [7, 11) is 0. The zero-order chi connectivity index (χ0) is 18.1. The molecule has 26 heavy (non-hydrogen) atoms. The van der Waals surface area contributed by atoms with Crippen LogP contribution in [0, 0.1) is 11.6 Å². The maximum atomic E-state index is 13.9. The highest BCUT2D eigenvalue weighted by Gasteiger charge is 2.24. The molecule has 0 bridgehead atoms. The molecule has 0 aliphatic carbocycles. The van der Waals surface area contributed by atoms with E-state index in [1.807, 2.05) is 17.0 Å². The van der Waals surface area contributed by atoms with Crippen LogP contribution in [0.3, 0.4) is 0 Å². The van der Waals surface area contributed by atoms with Crippen molar-refractivity contribution in [3.05, 3.63) is 59.8 Å². The molecule has 0 saturated carbocycles. The Kier molecular flexibility index (Phi) is 4.20. The molecule has 132 valence electrons. The predicted octanol–water partition coefficient (Wildman–Crippen LogP) is 3.76. The fraction of sp³-hybridized carbons (Fsp3) is 0.211. The zero-order valence-electron chi connectivity index (χ0n) is 13.9. The van der Waals surface area contributed by atoms with Gasteiger partial charge in [0.15, 0.2) is 11.5 Å². The van der Waals surface area contributed by atoms with Crippen molar-refractivity contribution in [2.45, 2.75) is 12.8 Å². The summed E-state index contributed by atoms with van der Waals surface area (Å²) < 4.78 is 27.3. The molecule has 2 heterocycles. The molecule has 1 aromatic heterocycles. The van der Waals surface area contributed by atoms with Crippen molar-refractivity contribution in [2.75, 3.05) is 23.3 Å². The third-order valence-corrected chi connectivity index (χ3v) is 4.35. The summed E-state index contributed by atoms with van der Waals surface area (Å²) in [6, 6.07) is 10.2. The molecule has 1 aliphatic rings. The van der Waals surface area contributed by atoms with Gasteiger partial charge < -0.3 is 10.2 Å².